The van der Waals surface area contributed by atoms with Crippen LogP contribution in [0.3, 0.4) is 0 Å². The second-order valence-electron chi connectivity index (χ2n) is 2.19. The van der Waals surface area contributed by atoms with E-state index < -0.39 is 0 Å². The maximum atomic E-state index is 5.38. The van der Waals surface area contributed by atoms with Crippen molar-refractivity contribution in [1.82, 2.24) is 9.78 Å². The molecule has 0 bridgehead atoms. The summed E-state index contributed by atoms with van der Waals surface area (Å²) in [5.74, 6) is 0. The predicted molar refractivity (Wildman–Crippen MR) is 40.7 cm³/mol. The Kier molecular flexibility index (Phi) is 2.45. The van der Waals surface area contributed by atoms with E-state index in [0.29, 0.717) is 6.54 Å². The first-order chi connectivity index (χ1) is 4.88. The van der Waals surface area contributed by atoms with Gasteiger partial charge in [0.1, 0.15) is 0 Å². The lowest BCUT2D eigenvalue weighted by molar-refractivity contribution is 0.597. The van der Waals surface area contributed by atoms with Gasteiger partial charge < -0.3 is 5.73 Å². The van der Waals surface area contributed by atoms with Gasteiger partial charge >= 0.3 is 0 Å². The summed E-state index contributed by atoms with van der Waals surface area (Å²) in [5, 5.41) is 4.11. The molecule has 1 aromatic heterocycles. The number of rotatable bonds is 3. The van der Waals surface area contributed by atoms with Crippen LogP contribution in [0.15, 0.2) is 12.3 Å². The highest BCUT2D eigenvalue weighted by Crippen LogP contribution is 1.97. The molecule has 0 spiro atoms. The Morgan fingerprint density at radius 2 is 2.50 bits per heavy atom. The van der Waals surface area contributed by atoms with Crippen LogP contribution in [0.5, 0.6) is 0 Å². The van der Waals surface area contributed by atoms with Crippen LogP contribution < -0.4 is 5.73 Å². The van der Waals surface area contributed by atoms with E-state index >= 15 is 0 Å². The lowest BCUT2D eigenvalue weighted by Crippen LogP contribution is -2.12. The van der Waals surface area contributed by atoms with Gasteiger partial charge in [0.2, 0.25) is 0 Å². The molecule has 3 nitrogen and oxygen atoms in total. The molecular formula is C7H13N3. The Balaban J connectivity index is 2.70. The normalized spacial score (nSPS) is 10.2. The molecule has 1 heterocycles. The first kappa shape index (κ1) is 7.28. The fourth-order valence-electron chi connectivity index (χ4n) is 0.984. The fraction of sp³-hybridized carbons (Fsp3) is 0.571. The average Bonchev–Trinajstić information content (AvgIpc) is 2.36. The highest BCUT2D eigenvalue weighted by Gasteiger charge is 1.96. The SMILES string of the molecule is CCc1ccnn1CCN. The molecule has 0 saturated carbocycles. The second kappa shape index (κ2) is 3.37. The second-order valence-corrected chi connectivity index (χ2v) is 2.19. The Labute approximate surface area is 60.8 Å². The van der Waals surface area contributed by atoms with E-state index in [-0.39, 0.29) is 0 Å². The lowest BCUT2D eigenvalue weighted by Gasteiger charge is -2.01. The molecule has 2 N–H and O–H groups in total. The smallest absolute Gasteiger partial charge is 0.0534 e. The monoisotopic (exact) mass is 139 g/mol. The number of hydrogen-bond acceptors (Lipinski definition) is 2. The topological polar surface area (TPSA) is 43.8 Å². The maximum absolute atomic E-state index is 5.38. The van der Waals surface area contributed by atoms with Crippen LogP contribution in [-0.2, 0) is 13.0 Å². The molecular weight excluding hydrogens is 126 g/mol. The molecule has 3 heteroatoms. The minimum Gasteiger partial charge on any atom is -0.329 e. The third-order valence-corrected chi connectivity index (χ3v) is 1.51. The third-order valence-electron chi connectivity index (χ3n) is 1.51. The highest BCUT2D eigenvalue weighted by atomic mass is 15.3. The number of nitrogens with zero attached hydrogens (tertiary/aromatic N) is 2. The van der Waals surface area contributed by atoms with Gasteiger partial charge in [-0.05, 0) is 12.5 Å². The molecule has 0 fully saturated rings. The van der Waals surface area contributed by atoms with Crippen LogP contribution in [0.4, 0.5) is 0 Å². The Bertz CT molecular complexity index is 192. The molecule has 0 aliphatic heterocycles. The summed E-state index contributed by atoms with van der Waals surface area (Å²) < 4.78 is 1.94. The third kappa shape index (κ3) is 1.36. The van der Waals surface area contributed by atoms with Crippen molar-refractivity contribution in [3.05, 3.63) is 18.0 Å². The van der Waals surface area contributed by atoms with Crippen LogP contribution in [0.25, 0.3) is 0 Å². The zero-order chi connectivity index (χ0) is 7.40. The van der Waals surface area contributed by atoms with Crippen LogP contribution in [0.2, 0.25) is 0 Å². The van der Waals surface area contributed by atoms with Gasteiger partial charge in [-0.1, -0.05) is 6.92 Å². The van der Waals surface area contributed by atoms with E-state index in [1.807, 2.05) is 16.9 Å². The van der Waals surface area contributed by atoms with Gasteiger partial charge in [-0.2, -0.15) is 5.10 Å². The van der Waals surface area contributed by atoms with E-state index in [2.05, 4.69) is 12.0 Å². The summed E-state index contributed by atoms with van der Waals surface area (Å²) in [6, 6.07) is 2.02. The van der Waals surface area contributed by atoms with Gasteiger partial charge in [0.15, 0.2) is 0 Å². The summed E-state index contributed by atoms with van der Waals surface area (Å²) in [6.07, 6.45) is 2.84. The predicted octanol–water partition coefficient (Wildman–Crippen LogP) is 0.404. The van der Waals surface area contributed by atoms with Crippen LogP contribution in [0, 0.1) is 0 Å². The van der Waals surface area contributed by atoms with Crippen molar-refractivity contribution in [3.63, 3.8) is 0 Å². The van der Waals surface area contributed by atoms with Gasteiger partial charge in [-0.25, -0.2) is 0 Å². The van der Waals surface area contributed by atoms with Crippen LogP contribution in [-0.4, -0.2) is 16.3 Å². The molecule has 0 aromatic carbocycles. The summed E-state index contributed by atoms with van der Waals surface area (Å²) in [7, 11) is 0. The minimum absolute atomic E-state index is 0.661. The summed E-state index contributed by atoms with van der Waals surface area (Å²) in [6.45, 7) is 3.61. The molecule has 1 rings (SSSR count). The van der Waals surface area contributed by atoms with E-state index in [1.54, 1.807) is 0 Å². The first-order valence-electron chi connectivity index (χ1n) is 3.59. The van der Waals surface area contributed by atoms with Gasteiger partial charge in [-0.3, -0.25) is 4.68 Å². The summed E-state index contributed by atoms with van der Waals surface area (Å²) in [5.41, 5.74) is 6.64. The zero-order valence-electron chi connectivity index (χ0n) is 6.25. The number of aryl methyl sites for hydroxylation is 1. The number of nitrogens with two attached hydrogens (primary N) is 1. The standard InChI is InChI=1S/C7H13N3/c1-2-7-3-5-9-10(7)6-4-8/h3,5H,2,4,6,8H2,1H3. The first-order valence-corrected chi connectivity index (χ1v) is 3.59. The molecule has 0 amide bonds. The molecule has 0 atom stereocenters. The van der Waals surface area contributed by atoms with Gasteiger partial charge in [-0.15, -0.1) is 0 Å². The van der Waals surface area contributed by atoms with Crippen molar-refractivity contribution in [2.45, 2.75) is 19.9 Å². The Morgan fingerprint density at radius 3 is 3.10 bits per heavy atom. The molecule has 0 saturated heterocycles. The lowest BCUT2D eigenvalue weighted by atomic mass is 10.3. The summed E-state index contributed by atoms with van der Waals surface area (Å²) >= 11 is 0. The number of aromatic nitrogens is 2. The van der Waals surface area contributed by atoms with Crippen LogP contribution >= 0.6 is 0 Å². The minimum atomic E-state index is 0.661. The van der Waals surface area contributed by atoms with Crippen molar-refractivity contribution in [3.8, 4) is 0 Å². The molecule has 10 heavy (non-hydrogen) atoms. The Morgan fingerprint density at radius 1 is 1.70 bits per heavy atom. The van der Waals surface area contributed by atoms with E-state index in [4.69, 9.17) is 5.73 Å². The van der Waals surface area contributed by atoms with Crippen molar-refractivity contribution < 1.29 is 0 Å². The largest absolute Gasteiger partial charge is 0.329 e. The van der Waals surface area contributed by atoms with Crippen LogP contribution in [0.1, 0.15) is 12.6 Å². The van der Waals surface area contributed by atoms with Gasteiger partial charge in [0, 0.05) is 18.4 Å². The van der Waals surface area contributed by atoms with Crippen molar-refractivity contribution in [1.29, 1.82) is 0 Å². The molecule has 56 valence electrons. The van der Waals surface area contributed by atoms with Crippen molar-refractivity contribution in [2.75, 3.05) is 6.54 Å². The highest BCUT2D eigenvalue weighted by molar-refractivity contribution is 4.99. The molecule has 0 radical (unpaired) electrons. The molecule has 0 unspecified atom stereocenters. The van der Waals surface area contributed by atoms with Crippen molar-refractivity contribution in [2.24, 2.45) is 5.73 Å². The van der Waals surface area contributed by atoms with E-state index in [9.17, 15) is 0 Å². The Hall–Kier alpha value is -0.830. The molecule has 0 aliphatic carbocycles. The average molecular weight is 139 g/mol. The molecule has 0 aliphatic rings. The number of hydrogen-bond donors (Lipinski definition) is 1. The zero-order valence-corrected chi connectivity index (χ0v) is 6.25. The molecule has 1 aromatic rings. The maximum Gasteiger partial charge on any atom is 0.0534 e. The van der Waals surface area contributed by atoms with Gasteiger partial charge in [0.25, 0.3) is 0 Å². The van der Waals surface area contributed by atoms with Crippen molar-refractivity contribution >= 4 is 0 Å². The summed E-state index contributed by atoms with van der Waals surface area (Å²) in [4.78, 5) is 0. The fourth-order valence-corrected chi connectivity index (χ4v) is 0.984. The van der Waals surface area contributed by atoms with E-state index in [1.165, 1.54) is 5.69 Å². The van der Waals surface area contributed by atoms with E-state index in [0.717, 1.165) is 13.0 Å². The quantitative estimate of drug-likeness (QED) is 0.659. The van der Waals surface area contributed by atoms with Gasteiger partial charge in [0.05, 0.1) is 6.54 Å².